The summed E-state index contributed by atoms with van der Waals surface area (Å²) in [6.45, 7) is 0. The van der Waals surface area contributed by atoms with Gasteiger partial charge < -0.3 is 18.6 Å². The number of allylic oxidation sites excluding steroid dienone is 1. The Kier molecular flexibility index (Phi) is 7.51. The van der Waals surface area contributed by atoms with Crippen molar-refractivity contribution in [2.45, 2.75) is 9.79 Å². The lowest BCUT2D eigenvalue weighted by molar-refractivity contribution is 0.104. The average molecular weight is 553 g/mol. The second-order valence-corrected chi connectivity index (χ2v) is 10.9. The van der Waals surface area contributed by atoms with E-state index < -0.39 is 54.6 Å². The average Bonchev–Trinajstić information content (AvgIpc) is 2.89. The molecule has 0 fully saturated rings. The van der Waals surface area contributed by atoms with Gasteiger partial charge in [0, 0.05) is 23.8 Å². The van der Waals surface area contributed by atoms with Gasteiger partial charge in [0.25, 0.3) is 0 Å². The Morgan fingerprint density at radius 1 is 0.684 bits per heavy atom. The molecule has 0 aliphatic rings. The third-order valence-electron chi connectivity index (χ3n) is 5.11. The van der Waals surface area contributed by atoms with Gasteiger partial charge in [-0.2, -0.15) is 16.8 Å². The molecule has 0 spiro atoms. The van der Waals surface area contributed by atoms with Gasteiger partial charge in [0.05, 0.1) is 0 Å². The van der Waals surface area contributed by atoms with E-state index in [1.165, 1.54) is 60.7 Å². The fourth-order valence-electron chi connectivity index (χ4n) is 3.34. The zero-order valence-electron chi connectivity index (χ0n) is 19.5. The van der Waals surface area contributed by atoms with Gasteiger partial charge in [-0.15, -0.1) is 0 Å². The van der Waals surface area contributed by atoms with E-state index in [2.05, 4.69) is 0 Å². The van der Waals surface area contributed by atoms with Gasteiger partial charge in [-0.05, 0) is 24.3 Å². The summed E-state index contributed by atoms with van der Waals surface area (Å²) in [5, 5.41) is 21.1. The van der Waals surface area contributed by atoms with E-state index in [9.17, 15) is 31.8 Å². The van der Waals surface area contributed by atoms with Gasteiger partial charge in [0.15, 0.2) is 11.5 Å². The van der Waals surface area contributed by atoms with Crippen molar-refractivity contribution in [1.82, 2.24) is 0 Å². The third-order valence-corrected chi connectivity index (χ3v) is 7.62. The number of aliphatic hydroxyl groups is 1. The first kappa shape index (κ1) is 26.5. The van der Waals surface area contributed by atoms with Crippen LogP contribution in [0.2, 0.25) is 0 Å². The van der Waals surface area contributed by atoms with Crippen molar-refractivity contribution < 1.29 is 40.2 Å². The molecule has 0 unspecified atom stereocenters. The summed E-state index contributed by atoms with van der Waals surface area (Å²) in [6.07, 6.45) is 0.771. The molecule has 0 bridgehead atoms. The SMILES string of the molecule is O=C(/C=C(\O)c1ccccc1)c1c(O)cc(OS(=O)(=O)c2ccccc2)cc1OS(=O)(=O)c1ccccc1. The van der Waals surface area contributed by atoms with Crippen LogP contribution in [0.25, 0.3) is 5.76 Å². The van der Waals surface area contributed by atoms with Crippen LogP contribution in [-0.2, 0) is 20.2 Å². The van der Waals surface area contributed by atoms with E-state index in [1.807, 2.05) is 0 Å². The zero-order valence-corrected chi connectivity index (χ0v) is 21.1. The first-order valence-corrected chi connectivity index (χ1v) is 13.7. The lowest BCUT2D eigenvalue weighted by atomic mass is 10.1. The topological polar surface area (TPSA) is 144 Å². The Morgan fingerprint density at radius 3 is 1.68 bits per heavy atom. The fourth-order valence-corrected chi connectivity index (χ4v) is 5.23. The Balaban J connectivity index is 1.80. The minimum Gasteiger partial charge on any atom is -0.507 e. The van der Waals surface area contributed by atoms with E-state index in [4.69, 9.17) is 8.37 Å². The molecule has 38 heavy (non-hydrogen) atoms. The number of aliphatic hydroxyl groups excluding tert-OH is 1. The lowest BCUT2D eigenvalue weighted by Gasteiger charge is -2.14. The van der Waals surface area contributed by atoms with Crippen molar-refractivity contribution in [3.05, 3.63) is 120 Å². The van der Waals surface area contributed by atoms with Gasteiger partial charge in [0.1, 0.15) is 32.6 Å². The van der Waals surface area contributed by atoms with Crippen molar-refractivity contribution in [2.24, 2.45) is 0 Å². The smallest absolute Gasteiger partial charge is 0.339 e. The van der Waals surface area contributed by atoms with Gasteiger partial charge in [-0.3, -0.25) is 4.79 Å². The molecule has 0 atom stereocenters. The lowest BCUT2D eigenvalue weighted by Crippen LogP contribution is -2.14. The molecule has 4 aromatic carbocycles. The maximum absolute atomic E-state index is 13.1. The van der Waals surface area contributed by atoms with Gasteiger partial charge >= 0.3 is 20.2 Å². The molecule has 0 aliphatic carbocycles. The highest BCUT2D eigenvalue weighted by Crippen LogP contribution is 2.37. The predicted octanol–water partition coefficient (Wildman–Crippen LogP) is 4.71. The number of phenols is 1. The molecule has 194 valence electrons. The normalized spacial score (nSPS) is 12.1. The minimum atomic E-state index is -4.53. The fraction of sp³-hybridized carbons (Fsp3) is 0. The number of rotatable bonds is 9. The van der Waals surface area contributed by atoms with Crippen molar-refractivity contribution in [2.75, 3.05) is 0 Å². The van der Waals surface area contributed by atoms with Gasteiger partial charge in [-0.25, -0.2) is 0 Å². The van der Waals surface area contributed by atoms with Crippen LogP contribution in [-0.4, -0.2) is 32.8 Å². The number of ketones is 1. The first-order valence-electron chi connectivity index (χ1n) is 10.9. The second-order valence-electron chi connectivity index (χ2n) is 7.78. The molecule has 0 saturated carbocycles. The largest absolute Gasteiger partial charge is 0.507 e. The van der Waals surface area contributed by atoms with Crippen LogP contribution in [0.4, 0.5) is 0 Å². The molecule has 0 heterocycles. The maximum Gasteiger partial charge on any atom is 0.339 e. The van der Waals surface area contributed by atoms with E-state index in [-0.39, 0.29) is 15.4 Å². The molecule has 0 saturated heterocycles. The van der Waals surface area contributed by atoms with Crippen LogP contribution < -0.4 is 8.37 Å². The number of hydrogen-bond acceptors (Lipinski definition) is 9. The van der Waals surface area contributed by atoms with Crippen LogP contribution in [0.1, 0.15) is 15.9 Å². The van der Waals surface area contributed by atoms with Crippen molar-refractivity contribution in [1.29, 1.82) is 0 Å². The molecule has 0 aromatic heterocycles. The molecule has 2 N–H and O–H groups in total. The summed E-state index contributed by atoms with van der Waals surface area (Å²) < 4.78 is 61.4. The molecule has 0 radical (unpaired) electrons. The molecular weight excluding hydrogens is 532 g/mol. The number of benzene rings is 4. The van der Waals surface area contributed by atoms with E-state index in [0.717, 1.165) is 18.2 Å². The standard InChI is InChI=1S/C27H20O9S2/c28-23(19-10-4-1-5-11-19)18-25(30)27-24(29)16-20(35-37(31,32)21-12-6-2-7-13-21)17-26(27)36-38(33,34)22-14-8-3-9-15-22/h1-18,28-29H/b23-18-. The van der Waals surface area contributed by atoms with Crippen LogP contribution in [0, 0.1) is 0 Å². The van der Waals surface area contributed by atoms with Crippen molar-refractivity contribution in [3.63, 3.8) is 0 Å². The Labute approximate surface area is 219 Å². The zero-order chi connectivity index (χ0) is 27.3. The van der Waals surface area contributed by atoms with Crippen LogP contribution in [0.5, 0.6) is 17.2 Å². The predicted molar refractivity (Wildman–Crippen MR) is 138 cm³/mol. The van der Waals surface area contributed by atoms with E-state index in [1.54, 1.807) is 30.3 Å². The highest BCUT2D eigenvalue weighted by molar-refractivity contribution is 7.87. The van der Waals surface area contributed by atoms with Crippen LogP contribution in [0.15, 0.2) is 119 Å². The van der Waals surface area contributed by atoms with Gasteiger partial charge in [-0.1, -0.05) is 66.7 Å². The number of phenolic OH excluding ortho intramolecular Hbond substituents is 1. The number of hydrogen-bond donors (Lipinski definition) is 2. The summed E-state index contributed by atoms with van der Waals surface area (Å²) in [5.41, 5.74) is -0.356. The first-order chi connectivity index (χ1) is 18.1. The highest BCUT2D eigenvalue weighted by atomic mass is 32.2. The number of carbonyl (C=O) groups excluding carboxylic acids is 1. The molecule has 9 nitrogen and oxygen atoms in total. The van der Waals surface area contributed by atoms with Crippen LogP contribution in [0.3, 0.4) is 0 Å². The molecule has 0 amide bonds. The Bertz CT molecular complexity index is 1700. The summed E-state index contributed by atoms with van der Waals surface area (Å²) in [6, 6.07) is 23.8. The number of carbonyl (C=O) groups is 1. The van der Waals surface area contributed by atoms with E-state index >= 15 is 0 Å². The highest BCUT2D eigenvalue weighted by Gasteiger charge is 2.26. The Morgan fingerprint density at radius 2 is 1.16 bits per heavy atom. The van der Waals surface area contributed by atoms with Gasteiger partial charge in [0.2, 0.25) is 0 Å². The molecule has 11 heteroatoms. The maximum atomic E-state index is 13.1. The van der Waals surface area contributed by atoms with E-state index in [0.29, 0.717) is 0 Å². The third kappa shape index (κ3) is 6.02. The number of aromatic hydroxyl groups is 1. The molecule has 4 aromatic rings. The van der Waals surface area contributed by atoms with Crippen LogP contribution >= 0.6 is 0 Å². The van der Waals surface area contributed by atoms with Crippen molar-refractivity contribution >= 4 is 31.8 Å². The molecule has 0 aliphatic heterocycles. The Hall–Kier alpha value is -4.61. The molecule has 4 rings (SSSR count). The molecular formula is C27H20O9S2. The second kappa shape index (κ2) is 10.8. The summed E-state index contributed by atoms with van der Waals surface area (Å²) >= 11 is 0. The summed E-state index contributed by atoms with van der Waals surface area (Å²) in [7, 11) is -8.91. The monoisotopic (exact) mass is 552 g/mol. The summed E-state index contributed by atoms with van der Waals surface area (Å²) in [5.74, 6) is -3.55. The van der Waals surface area contributed by atoms with Crippen molar-refractivity contribution in [3.8, 4) is 17.2 Å². The summed E-state index contributed by atoms with van der Waals surface area (Å²) in [4.78, 5) is 12.6. The quantitative estimate of drug-likeness (QED) is 0.131. The minimum absolute atomic E-state index is 0.199.